The molecule has 1 aliphatic rings. The van der Waals surface area contributed by atoms with Crippen molar-refractivity contribution < 1.29 is 14.4 Å². The van der Waals surface area contributed by atoms with Crippen molar-refractivity contribution in [2.75, 3.05) is 19.7 Å². The Balaban J connectivity index is 1.52. The van der Waals surface area contributed by atoms with Gasteiger partial charge in [-0.1, -0.05) is 22.9 Å². The maximum atomic E-state index is 10.3. The molecule has 0 radical (unpaired) electrons. The number of aromatic nitrogens is 2. The molecule has 2 atom stereocenters. The maximum absolute atomic E-state index is 10.3. The third kappa shape index (κ3) is 4.09. The number of nitrogens with zero attached hydrogens (tertiary/aromatic N) is 3. The molecule has 2 aromatic rings. The molecular weight excluding hydrogens is 294 g/mol. The van der Waals surface area contributed by atoms with Crippen LogP contribution in [0.25, 0.3) is 0 Å². The third-order valence-corrected chi connectivity index (χ3v) is 4.11. The fraction of sp³-hybridized carbons (Fsp3) is 0.529. The summed E-state index contributed by atoms with van der Waals surface area (Å²) in [6.45, 7) is 5.58. The van der Waals surface area contributed by atoms with Crippen LogP contribution in [0.1, 0.15) is 36.2 Å². The summed E-state index contributed by atoms with van der Waals surface area (Å²) in [5, 5.41) is 14.3. The summed E-state index contributed by atoms with van der Waals surface area (Å²) in [5.74, 6) is 2.07. The largest absolute Gasteiger partial charge is 0.491 e. The first-order valence-electron chi connectivity index (χ1n) is 8.03. The van der Waals surface area contributed by atoms with E-state index in [-0.39, 0.29) is 12.6 Å². The Labute approximate surface area is 136 Å². The lowest BCUT2D eigenvalue weighted by molar-refractivity contribution is 0.0623. The van der Waals surface area contributed by atoms with Crippen molar-refractivity contribution in [2.24, 2.45) is 0 Å². The van der Waals surface area contributed by atoms with Crippen LogP contribution in [0.2, 0.25) is 0 Å². The van der Waals surface area contributed by atoms with Gasteiger partial charge in [0.2, 0.25) is 5.89 Å². The standard InChI is InChI=1S/C17H23N3O3/c1-12-5-7-15(8-6-12)22-11-14(21)10-20-9-3-4-16(20)17-18-13(2)23-19-17/h5-8,14,16,21H,3-4,9-11H2,1-2H3/t14-,16+/m1/s1. The fourth-order valence-corrected chi connectivity index (χ4v) is 2.94. The first-order valence-corrected chi connectivity index (χ1v) is 8.03. The predicted molar refractivity (Wildman–Crippen MR) is 85.3 cm³/mol. The third-order valence-electron chi connectivity index (χ3n) is 4.11. The first kappa shape index (κ1) is 16.0. The Morgan fingerprint density at radius 2 is 2.13 bits per heavy atom. The first-order chi connectivity index (χ1) is 11.1. The van der Waals surface area contributed by atoms with Gasteiger partial charge < -0.3 is 14.4 Å². The number of hydrogen-bond donors (Lipinski definition) is 1. The van der Waals surface area contributed by atoms with Gasteiger partial charge in [0.25, 0.3) is 0 Å². The van der Waals surface area contributed by atoms with Crippen LogP contribution < -0.4 is 4.74 Å². The van der Waals surface area contributed by atoms with Crippen molar-refractivity contribution in [3.05, 3.63) is 41.5 Å². The van der Waals surface area contributed by atoms with Gasteiger partial charge in [-0.3, -0.25) is 4.90 Å². The number of β-amino-alcohol motifs (C(OH)–C–C–N with tert-alkyl or cyclic N) is 1. The number of aliphatic hydroxyl groups excluding tert-OH is 1. The Bertz CT molecular complexity index is 626. The Kier molecular flexibility index (Phi) is 4.93. The normalized spacial score (nSPS) is 19.9. The number of likely N-dealkylation sites (tertiary alicyclic amines) is 1. The number of rotatable bonds is 6. The van der Waals surface area contributed by atoms with Crippen molar-refractivity contribution in [1.29, 1.82) is 0 Å². The van der Waals surface area contributed by atoms with Gasteiger partial charge in [0.1, 0.15) is 18.5 Å². The van der Waals surface area contributed by atoms with Gasteiger partial charge in [-0.05, 0) is 38.4 Å². The molecule has 0 bridgehead atoms. The fourth-order valence-electron chi connectivity index (χ4n) is 2.94. The van der Waals surface area contributed by atoms with E-state index in [4.69, 9.17) is 9.26 Å². The highest BCUT2D eigenvalue weighted by molar-refractivity contribution is 5.26. The summed E-state index contributed by atoms with van der Waals surface area (Å²) in [5.41, 5.74) is 1.19. The summed E-state index contributed by atoms with van der Waals surface area (Å²) in [7, 11) is 0. The molecule has 124 valence electrons. The van der Waals surface area contributed by atoms with Crippen molar-refractivity contribution >= 4 is 0 Å². The lowest BCUT2D eigenvalue weighted by Gasteiger charge is -2.24. The Morgan fingerprint density at radius 1 is 1.35 bits per heavy atom. The highest BCUT2D eigenvalue weighted by atomic mass is 16.5. The van der Waals surface area contributed by atoms with Gasteiger partial charge in [-0.2, -0.15) is 4.98 Å². The van der Waals surface area contributed by atoms with Gasteiger partial charge in [-0.25, -0.2) is 0 Å². The predicted octanol–water partition coefficient (Wildman–Crippen LogP) is 2.26. The number of aliphatic hydroxyl groups is 1. The molecule has 1 aliphatic heterocycles. The van der Waals surface area contributed by atoms with E-state index in [1.165, 1.54) is 5.56 Å². The SMILES string of the molecule is Cc1ccc(OC[C@H](O)CN2CCC[C@H]2c2noc(C)n2)cc1. The summed E-state index contributed by atoms with van der Waals surface area (Å²) in [6, 6.07) is 7.96. The van der Waals surface area contributed by atoms with Crippen molar-refractivity contribution in [2.45, 2.75) is 38.8 Å². The van der Waals surface area contributed by atoms with Gasteiger partial charge >= 0.3 is 0 Å². The van der Waals surface area contributed by atoms with Crippen LogP contribution in [-0.4, -0.2) is 45.9 Å². The topological polar surface area (TPSA) is 71.6 Å². The second-order valence-electron chi connectivity index (χ2n) is 6.10. The molecule has 6 heteroatoms. The van der Waals surface area contributed by atoms with Crippen LogP contribution in [0, 0.1) is 13.8 Å². The molecule has 0 saturated carbocycles. The van der Waals surface area contributed by atoms with Crippen LogP contribution in [0.15, 0.2) is 28.8 Å². The Morgan fingerprint density at radius 3 is 2.83 bits per heavy atom. The Hall–Kier alpha value is -1.92. The van der Waals surface area contributed by atoms with Crippen LogP contribution >= 0.6 is 0 Å². The average Bonchev–Trinajstić information content (AvgIpc) is 3.15. The second-order valence-corrected chi connectivity index (χ2v) is 6.10. The molecule has 1 aromatic heterocycles. The van der Waals surface area contributed by atoms with E-state index in [0.29, 0.717) is 18.3 Å². The molecule has 1 aromatic carbocycles. The van der Waals surface area contributed by atoms with Gasteiger partial charge in [0, 0.05) is 13.5 Å². The molecule has 1 fully saturated rings. The molecular formula is C17H23N3O3. The number of ether oxygens (including phenoxy) is 1. The van der Waals surface area contributed by atoms with E-state index in [1.807, 2.05) is 31.2 Å². The molecule has 0 amide bonds. The average molecular weight is 317 g/mol. The van der Waals surface area contributed by atoms with Gasteiger partial charge in [0.15, 0.2) is 5.82 Å². The van der Waals surface area contributed by atoms with E-state index in [0.717, 1.165) is 25.1 Å². The molecule has 0 unspecified atom stereocenters. The summed E-state index contributed by atoms with van der Waals surface area (Å²) < 4.78 is 10.7. The zero-order valence-corrected chi connectivity index (χ0v) is 13.6. The van der Waals surface area contributed by atoms with Crippen molar-refractivity contribution in [1.82, 2.24) is 15.0 Å². The molecule has 3 rings (SSSR count). The monoisotopic (exact) mass is 317 g/mol. The highest BCUT2D eigenvalue weighted by Crippen LogP contribution is 2.30. The quantitative estimate of drug-likeness (QED) is 0.881. The molecule has 0 aliphatic carbocycles. The molecule has 1 N–H and O–H groups in total. The zero-order chi connectivity index (χ0) is 16.2. The number of hydrogen-bond acceptors (Lipinski definition) is 6. The van der Waals surface area contributed by atoms with Crippen LogP contribution in [0.4, 0.5) is 0 Å². The van der Waals surface area contributed by atoms with Crippen molar-refractivity contribution in [3.8, 4) is 5.75 Å². The number of aryl methyl sites for hydroxylation is 2. The van der Waals surface area contributed by atoms with E-state index >= 15 is 0 Å². The van der Waals surface area contributed by atoms with E-state index in [9.17, 15) is 5.11 Å². The minimum absolute atomic E-state index is 0.126. The van der Waals surface area contributed by atoms with Crippen LogP contribution in [0.3, 0.4) is 0 Å². The minimum atomic E-state index is -0.551. The smallest absolute Gasteiger partial charge is 0.223 e. The second kappa shape index (κ2) is 7.10. The zero-order valence-electron chi connectivity index (χ0n) is 13.6. The van der Waals surface area contributed by atoms with E-state index < -0.39 is 6.10 Å². The maximum Gasteiger partial charge on any atom is 0.223 e. The van der Waals surface area contributed by atoms with Gasteiger partial charge in [0.05, 0.1) is 6.04 Å². The van der Waals surface area contributed by atoms with Crippen molar-refractivity contribution in [3.63, 3.8) is 0 Å². The summed E-state index contributed by atoms with van der Waals surface area (Å²) >= 11 is 0. The van der Waals surface area contributed by atoms with Gasteiger partial charge in [-0.15, -0.1) is 0 Å². The minimum Gasteiger partial charge on any atom is -0.491 e. The van der Waals surface area contributed by atoms with Crippen LogP contribution in [0.5, 0.6) is 5.75 Å². The molecule has 6 nitrogen and oxygen atoms in total. The molecule has 0 spiro atoms. The van der Waals surface area contributed by atoms with E-state index in [2.05, 4.69) is 15.0 Å². The summed E-state index contributed by atoms with van der Waals surface area (Å²) in [6.07, 6.45) is 1.51. The number of benzene rings is 1. The molecule has 1 saturated heterocycles. The van der Waals surface area contributed by atoms with E-state index in [1.54, 1.807) is 6.92 Å². The summed E-state index contributed by atoms with van der Waals surface area (Å²) in [4.78, 5) is 6.52. The molecule has 2 heterocycles. The lowest BCUT2D eigenvalue weighted by Crippen LogP contribution is -2.35. The van der Waals surface area contributed by atoms with Crippen LogP contribution in [-0.2, 0) is 0 Å². The highest BCUT2D eigenvalue weighted by Gasteiger charge is 2.31. The molecule has 23 heavy (non-hydrogen) atoms. The lowest BCUT2D eigenvalue weighted by atomic mass is 10.2.